The van der Waals surface area contributed by atoms with Crippen LogP contribution in [-0.2, 0) is 9.53 Å². The van der Waals surface area contributed by atoms with Crippen molar-refractivity contribution in [3.05, 3.63) is 65.7 Å². The first-order valence-electron chi connectivity index (χ1n) is 10.8. The Morgan fingerprint density at radius 2 is 1.91 bits per heavy atom. The number of ether oxygens (including phenoxy) is 3. The molecule has 1 N–H and O–H groups in total. The molecule has 184 valence electrons. The maximum Gasteiger partial charge on any atom is 0.349 e. The molecule has 2 aromatic carbocycles. The topological polar surface area (TPSA) is 115 Å². The van der Waals surface area contributed by atoms with E-state index in [1.807, 2.05) is 6.92 Å². The first kappa shape index (κ1) is 25.1. The largest absolute Gasteiger partial charge is 0.490 e. The smallest absolute Gasteiger partial charge is 0.349 e. The lowest BCUT2D eigenvalue weighted by atomic mass is 10.2. The van der Waals surface area contributed by atoms with Crippen molar-refractivity contribution in [2.24, 2.45) is 5.10 Å². The van der Waals surface area contributed by atoms with E-state index in [4.69, 9.17) is 14.2 Å². The maximum absolute atomic E-state index is 12.7. The molecule has 0 spiro atoms. The fraction of sp³-hybridized carbons (Fsp3) is 0.304. The van der Waals surface area contributed by atoms with Crippen LogP contribution in [0, 0.1) is 0 Å². The predicted octanol–water partition coefficient (Wildman–Crippen LogP) is 2.73. The number of hydrogen-bond donors (Lipinski definition) is 1. The minimum atomic E-state index is -0.660. The highest BCUT2D eigenvalue weighted by Crippen LogP contribution is 2.42. The van der Waals surface area contributed by atoms with Crippen molar-refractivity contribution in [2.45, 2.75) is 6.92 Å². The third-order valence-electron chi connectivity index (χ3n) is 5.26. The number of carbonyl (C=O) groups excluding carboxylic acids is 1. The molecule has 1 amide bonds. The summed E-state index contributed by atoms with van der Waals surface area (Å²) < 4.78 is 18.6. The summed E-state index contributed by atoms with van der Waals surface area (Å²) in [5.41, 5.74) is -0.245. The Labute approximate surface area is 216 Å². The molecule has 12 heteroatoms. The molecule has 2 heterocycles. The van der Waals surface area contributed by atoms with Crippen LogP contribution in [0.4, 0.5) is 0 Å². The van der Waals surface area contributed by atoms with Crippen LogP contribution in [0.5, 0.6) is 11.5 Å². The zero-order valence-electron chi connectivity index (χ0n) is 18.8. The van der Waals surface area contributed by atoms with Gasteiger partial charge in [-0.2, -0.15) is 5.10 Å². The second-order valence-electron chi connectivity index (χ2n) is 7.47. The molecule has 1 saturated heterocycles. The number of fused-ring (bicyclic) bond motifs is 1. The number of amides is 1. The van der Waals surface area contributed by atoms with Gasteiger partial charge in [0.25, 0.3) is 11.5 Å². The van der Waals surface area contributed by atoms with Gasteiger partial charge in [0.2, 0.25) is 0 Å². The molecule has 1 aliphatic rings. The number of benzene rings is 2. The summed E-state index contributed by atoms with van der Waals surface area (Å²) in [6, 6.07) is 8.35. The molecule has 1 fully saturated rings. The number of halogens is 2. The van der Waals surface area contributed by atoms with Crippen molar-refractivity contribution >= 4 is 54.9 Å². The Balaban J connectivity index is 1.64. The van der Waals surface area contributed by atoms with Crippen LogP contribution >= 0.6 is 31.9 Å². The minimum absolute atomic E-state index is 0.153. The van der Waals surface area contributed by atoms with Crippen molar-refractivity contribution in [3.63, 3.8) is 0 Å². The lowest BCUT2D eigenvalue weighted by molar-refractivity contribution is -0.137. The van der Waals surface area contributed by atoms with Crippen molar-refractivity contribution in [3.8, 4) is 11.5 Å². The maximum atomic E-state index is 12.7. The molecule has 0 unspecified atom stereocenters. The lowest BCUT2D eigenvalue weighted by Crippen LogP contribution is -2.43. The van der Waals surface area contributed by atoms with Gasteiger partial charge in [-0.25, -0.2) is 4.79 Å². The predicted molar refractivity (Wildman–Crippen MR) is 138 cm³/mol. The van der Waals surface area contributed by atoms with E-state index in [1.54, 1.807) is 35.2 Å². The van der Waals surface area contributed by atoms with Crippen LogP contribution in [0.25, 0.3) is 10.9 Å². The number of nitrogens with zero attached hydrogens (tertiary/aromatic N) is 3. The number of morpholine rings is 1. The Kier molecular flexibility index (Phi) is 8.04. The van der Waals surface area contributed by atoms with Crippen LogP contribution in [0.15, 0.2) is 54.0 Å². The molecule has 10 nitrogen and oxygen atoms in total. The number of aromatic nitrogens is 2. The molecule has 1 aliphatic heterocycles. The SMILES string of the molecule is CCOc1cc(C=Nn2c(=O)[nH]c3ccccc3c2=O)c(Br)c(Br)c1OCC(=O)N1CCOCC1. The quantitative estimate of drug-likeness (QED) is 0.412. The van der Waals surface area contributed by atoms with Gasteiger partial charge in [-0.1, -0.05) is 12.1 Å². The third kappa shape index (κ3) is 5.49. The molecule has 3 aromatic rings. The molecule has 0 bridgehead atoms. The van der Waals surface area contributed by atoms with E-state index in [-0.39, 0.29) is 12.5 Å². The Bertz CT molecular complexity index is 1400. The summed E-state index contributed by atoms with van der Waals surface area (Å²) in [6.07, 6.45) is 1.37. The number of aromatic amines is 1. The molecule has 0 saturated carbocycles. The monoisotopic (exact) mass is 608 g/mol. The number of carbonyl (C=O) groups is 1. The van der Waals surface area contributed by atoms with E-state index in [2.05, 4.69) is 41.9 Å². The van der Waals surface area contributed by atoms with Crippen LogP contribution in [-0.4, -0.2) is 66.2 Å². The van der Waals surface area contributed by atoms with Gasteiger partial charge in [0.05, 0.1) is 41.4 Å². The molecule has 35 heavy (non-hydrogen) atoms. The van der Waals surface area contributed by atoms with Crippen LogP contribution in [0.2, 0.25) is 0 Å². The summed E-state index contributed by atoms with van der Waals surface area (Å²) >= 11 is 6.98. The van der Waals surface area contributed by atoms with Gasteiger partial charge in [0.15, 0.2) is 18.1 Å². The van der Waals surface area contributed by atoms with Crippen molar-refractivity contribution in [2.75, 3.05) is 39.5 Å². The highest BCUT2D eigenvalue weighted by Gasteiger charge is 2.21. The van der Waals surface area contributed by atoms with E-state index < -0.39 is 11.2 Å². The van der Waals surface area contributed by atoms with Crippen LogP contribution in [0.3, 0.4) is 0 Å². The van der Waals surface area contributed by atoms with Gasteiger partial charge in [0.1, 0.15) is 0 Å². The summed E-state index contributed by atoms with van der Waals surface area (Å²) in [5.74, 6) is 0.566. The Morgan fingerprint density at radius 1 is 1.17 bits per heavy atom. The molecular formula is C23H22Br2N4O6. The summed E-state index contributed by atoms with van der Waals surface area (Å²) in [6.45, 7) is 4.05. The zero-order valence-corrected chi connectivity index (χ0v) is 21.9. The number of rotatable bonds is 7. The second kappa shape index (κ2) is 11.2. The fourth-order valence-corrected chi connectivity index (χ4v) is 4.45. The van der Waals surface area contributed by atoms with E-state index in [9.17, 15) is 14.4 Å². The number of nitrogens with one attached hydrogen (secondary N) is 1. The zero-order chi connectivity index (χ0) is 24.9. The van der Waals surface area contributed by atoms with Crippen LogP contribution < -0.4 is 20.7 Å². The molecule has 0 aliphatic carbocycles. The number of hydrogen-bond acceptors (Lipinski definition) is 7. The third-order valence-corrected chi connectivity index (χ3v) is 7.40. The van der Waals surface area contributed by atoms with Gasteiger partial charge >= 0.3 is 5.69 Å². The highest BCUT2D eigenvalue weighted by atomic mass is 79.9. The number of para-hydroxylation sites is 1. The first-order chi connectivity index (χ1) is 16.9. The standard InChI is InChI=1S/C23H22Br2N4O6/c1-2-34-17-11-14(12-26-29-22(31)15-5-3-4-6-16(15)27-23(29)32)19(24)20(25)21(17)35-13-18(30)28-7-9-33-10-8-28/h3-6,11-12H,2,7-10,13H2,1H3,(H,27,32). The van der Waals surface area contributed by atoms with Crippen molar-refractivity contribution < 1.29 is 19.0 Å². The van der Waals surface area contributed by atoms with E-state index in [1.165, 1.54) is 6.21 Å². The molecule has 1 aromatic heterocycles. The van der Waals surface area contributed by atoms with Crippen molar-refractivity contribution in [1.82, 2.24) is 14.6 Å². The van der Waals surface area contributed by atoms with Gasteiger partial charge in [-0.05, 0) is 57.0 Å². The summed E-state index contributed by atoms with van der Waals surface area (Å²) in [7, 11) is 0. The van der Waals surface area contributed by atoms with Crippen molar-refractivity contribution in [1.29, 1.82) is 0 Å². The molecule has 0 atom stereocenters. The van der Waals surface area contributed by atoms with Crippen LogP contribution in [0.1, 0.15) is 12.5 Å². The Morgan fingerprint density at radius 3 is 2.66 bits per heavy atom. The van der Waals surface area contributed by atoms with Gasteiger partial charge in [0, 0.05) is 23.1 Å². The van der Waals surface area contributed by atoms with Gasteiger partial charge in [-0.15, -0.1) is 4.68 Å². The molecule has 0 radical (unpaired) electrons. The number of H-pyrrole nitrogens is 1. The van der Waals surface area contributed by atoms with E-state index in [0.29, 0.717) is 69.8 Å². The fourth-order valence-electron chi connectivity index (χ4n) is 3.51. The van der Waals surface area contributed by atoms with Gasteiger partial charge in [-0.3, -0.25) is 9.59 Å². The van der Waals surface area contributed by atoms with E-state index >= 15 is 0 Å². The average Bonchev–Trinajstić information content (AvgIpc) is 2.87. The lowest BCUT2D eigenvalue weighted by Gasteiger charge is -2.27. The first-order valence-corrected chi connectivity index (χ1v) is 12.4. The van der Waals surface area contributed by atoms with Gasteiger partial charge < -0.3 is 24.1 Å². The summed E-state index contributed by atoms with van der Waals surface area (Å²) in [5, 5.41) is 4.45. The summed E-state index contributed by atoms with van der Waals surface area (Å²) in [4.78, 5) is 42.0. The normalized spacial score (nSPS) is 14.0. The molecular weight excluding hydrogens is 588 g/mol. The average molecular weight is 610 g/mol. The highest BCUT2D eigenvalue weighted by molar-refractivity contribution is 9.13. The minimum Gasteiger partial charge on any atom is -0.490 e. The Hall–Kier alpha value is -2.96. The van der Waals surface area contributed by atoms with E-state index in [0.717, 1.165) is 4.68 Å². The second-order valence-corrected chi connectivity index (χ2v) is 9.06. The molecule has 4 rings (SSSR count).